The monoisotopic (exact) mass is 407 g/mol. The van der Waals surface area contributed by atoms with Gasteiger partial charge in [0.15, 0.2) is 0 Å². The summed E-state index contributed by atoms with van der Waals surface area (Å²) in [5.74, 6) is 1.74. The molecule has 0 radical (unpaired) electrons. The lowest BCUT2D eigenvalue weighted by molar-refractivity contribution is -0.130. The Morgan fingerprint density at radius 2 is 1.81 bits per heavy atom. The minimum absolute atomic E-state index is 0.102. The van der Waals surface area contributed by atoms with Gasteiger partial charge in [-0.2, -0.15) is 0 Å². The van der Waals surface area contributed by atoms with Gasteiger partial charge < -0.3 is 9.26 Å². The van der Waals surface area contributed by atoms with Crippen LogP contribution < -0.4 is 0 Å². The Labute approximate surface area is 169 Å². The lowest BCUT2D eigenvalue weighted by Gasteiger charge is -2.27. The zero-order valence-electron chi connectivity index (χ0n) is 15.5. The van der Waals surface area contributed by atoms with Gasteiger partial charge in [0.1, 0.15) is 17.2 Å². The first-order valence-electron chi connectivity index (χ1n) is 9.53. The smallest absolute Gasteiger partial charge is 0.145 e. The standard InChI is InChI=1S/C21H23Cl2NO3/c1-11(2)21-15(10-26-14-8-12-6-7-13(9-14)20(12)25)19(24-27-21)18-16(22)4-3-5-17(18)23/h3-5,11-14H,6-10H2,1-2H3/t12-,13+,14?. The summed E-state index contributed by atoms with van der Waals surface area (Å²) in [6, 6.07) is 5.39. The fourth-order valence-electron chi connectivity index (χ4n) is 4.39. The summed E-state index contributed by atoms with van der Waals surface area (Å²) in [4.78, 5) is 12.1. The maximum absolute atomic E-state index is 12.1. The molecule has 1 aromatic carbocycles. The number of ketones is 1. The van der Waals surface area contributed by atoms with Gasteiger partial charge in [0, 0.05) is 28.9 Å². The van der Waals surface area contributed by atoms with E-state index in [-0.39, 0.29) is 23.9 Å². The van der Waals surface area contributed by atoms with Gasteiger partial charge in [-0.15, -0.1) is 0 Å². The number of nitrogens with zero attached hydrogens (tertiary/aromatic N) is 1. The van der Waals surface area contributed by atoms with Crippen LogP contribution in [-0.4, -0.2) is 17.0 Å². The number of aromatic nitrogens is 1. The second-order valence-electron chi connectivity index (χ2n) is 7.90. The summed E-state index contributed by atoms with van der Waals surface area (Å²) in [5, 5.41) is 5.34. The number of Topliss-reactive ketones (excluding diaryl/α,β-unsaturated/α-hetero) is 1. The Kier molecular flexibility index (Phi) is 5.32. The molecule has 2 fully saturated rings. The van der Waals surface area contributed by atoms with E-state index in [0.717, 1.165) is 37.0 Å². The van der Waals surface area contributed by atoms with Crippen molar-refractivity contribution in [2.75, 3.05) is 0 Å². The van der Waals surface area contributed by atoms with Crippen LogP contribution in [0.3, 0.4) is 0 Å². The van der Waals surface area contributed by atoms with E-state index in [9.17, 15) is 4.79 Å². The van der Waals surface area contributed by atoms with Gasteiger partial charge in [-0.1, -0.05) is 48.3 Å². The molecule has 144 valence electrons. The first-order chi connectivity index (χ1) is 13.0. The van der Waals surface area contributed by atoms with Gasteiger partial charge >= 0.3 is 0 Å². The molecule has 3 atom stereocenters. The fourth-order valence-corrected chi connectivity index (χ4v) is 4.97. The lowest BCUT2D eigenvalue weighted by Crippen LogP contribution is -2.31. The van der Waals surface area contributed by atoms with Crippen molar-refractivity contribution in [3.8, 4) is 11.3 Å². The highest BCUT2D eigenvalue weighted by Crippen LogP contribution is 2.42. The molecule has 2 aliphatic carbocycles. The number of hydrogen-bond donors (Lipinski definition) is 0. The van der Waals surface area contributed by atoms with Crippen molar-refractivity contribution in [2.24, 2.45) is 11.8 Å². The van der Waals surface area contributed by atoms with Crippen molar-refractivity contribution in [2.45, 2.75) is 58.2 Å². The van der Waals surface area contributed by atoms with E-state index in [2.05, 4.69) is 19.0 Å². The molecule has 0 N–H and O–H groups in total. The minimum atomic E-state index is 0.102. The third-order valence-corrected chi connectivity index (χ3v) is 6.40. The Hall–Kier alpha value is -1.36. The molecule has 4 rings (SSSR count). The van der Waals surface area contributed by atoms with E-state index in [1.165, 1.54) is 0 Å². The molecule has 1 aromatic heterocycles. The van der Waals surface area contributed by atoms with E-state index >= 15 is 0 Å². The minimum Gasteiger partial charge on any atom is -0.373 e. The van der Waals surface area contributed by atoms with Crippen molar-refractivity contribution < 1.29 is 14.1 Å². The highest BCUT2D eigenvalue weighted by Gasteiger charge is 2.42. The van der Waals surface area contributed by atoms with Crippen LogP contribution in [0.5, 0.6) is 0 Å². The van der Waals surface area contributed by atoms with Gasteiger partial charge in [-0.05, 0) is 37.8 Å². The molecule has 0 saturated heterocycles. The zero-order valence-corrected chi connectivity index (χ0v) is 17.0. The number of fused-ring (bicyclic) bond motifs is 2. The van der Waals surface area contributed by atoms with Crippen LogP contribution in [0.2, 0.25) is 10.0 Å². The van der Waals surface area contributed by atoms with Crippen molar-refractivity contribution in [3.05, 3.63) is 39.6 Å². The van der Waals surface area contributed by atoms with E-state index in [4.69, 9.17) is 32.5 Å². The maximum atomic E-state index is 12.1. The maximum Gasteiger partial charge on any atom is 0.145 e. The number of carbonyl (C=O) groups excluding carboxylic acids is 1. The molecule has 6 heteroatoms. The molecule has 2 bridgehead atoms. The molecule has 2 aromatic rings. The first kappa shape index (κ1) is 19.0. The molecule has 4 nitrogen and oxygen atoms in total. The molecular formula is C21H23Cl2NO3. The number of ether oxygens (including phenoxy) is 1. The molecule has 2 aliphatic rings. The average molecular weight is 408 g/mol. The van der Waals surface area contributed by atoms with Gasteiger partial charge in [-0.25, -0.2) is 0 Å². The number of carbonyl (C=O) groups is 1. The Morgan fingerprint density at radius 3 is 2.41 bits per heavy atom. The molecule has 0 spiro atoms. The van der Waals surface area contributed by atoms with Crippen LogP contribution in [0.15, 0.2) is 22.7 Å². The molecule has 0 aliphatic heterocycles. The van der Waals surface area contributed by atoms with Crippen molar-refractivity contribution >= 4 is 29.0 Å². The topological polar surface area (TPSA) is 52.3 Å². The zero-order chi connectivity index (χ0) is 19.1. The van der Waals surface area contributed by atoms with Gasteiger partial charge in [0.25, 0.3) is 0 Å². The number of benzene rings is 1. The molecule has 2 saturated carbocycles. The van der Waals surface area contributed by atoms with Gasteiger partial charge in [0.05, 0.1) is 22.8 Å². The predicted molar refractivity (Wildman–Crippen MR) is 105 cm³/mol. The lowest BCUT2D eigenvalue weighted by atomic mass is 9.86. The second kappa shape index (κ2) is 7.57. The Morgan fingerprint density at radius 1 is 1.19 bits per heavy atom. The summed E-state index contributed by atoms with van der Waals surface area (Å²) in [7, 11) is 0. The molecule has 1 unspecified atom stereocenters. The fraction of sp³-hybridized carbons (Fsp3) is 0.524. The summed E-state index contributed by atoms with van der Waals surface area (Å²) < 4.78 is 11.9. The highest BCUT2D eigenvalue weighted by molar-refractivity contribution is 6.39. The normalized spacial score (nSPS) is 24.8. The second-order valence-corrected chi connectivity index (χ2v) is 8.72. The number of rotatable bonds is 5. The number of hydrogen-bond acceptors (Lipinski definition) is 4. The van der Waals surface area contributed by atoms with Crippen molar-refractivity contribution in [1.29, 1.82) is 0 Å². The van der Waals surface area contributed by atoms with Crippen LogP contribution in [-0.2, 0) is 16.1 Å². The van der Waals surface area contributed by atoms with Crippen LogP contribution in [0.1, 0.15) is 56.8 Å². The van der Waals surface area contributed by atoms with E-state index in [0.29, 0.717) is 33.7 Å². The predicted octanol–water partition coefficient (Wildman–Crippen LogP) is 6.05. The van der Waals surface area contributed by atoms with E-state index in [1.54, 1.807) is 12.1 Å². The summed E-state index contributed by atoms with van der Waals surface area (Å²) in [6.07, 6.45) is 3.76. The Balaban J connectivity index is 1.60. The van der Waals surface area contributed by atoms with Crippen LogP contribution in [0, 0.1) is 11.8 Å². The average Bonchev–Trinajstić information content (AvgIpc) is 3.10. The van der Waals surface area contributed by atoms with E-state index in [1.807, 2.05) is 6.07 Å². The third-order valence-electron chi connectivity index (χ3n) is 5.77. The van der Waals surface area contributed by atoms with Crippen LogP contribution in [0.4, 0.5) is 0 Å². The SMILES string of the molecule is CC(C)c1onc(-c2c(Cl)cccc2Cl)c1COC1C[C@H]2CC[C@@H](C1)C2=O. The number of halogens is 2. The molecule has 0 amide bonds. The quantitative estimate of drug-likeness (QED) is 0.605. The largest absolute Gasteiger partial charge is 0.373 e. The van der Waals surface area contributed by atoms with Crippen molar-refractivity contribution in [3.63, 3.8) is 0 Å². The molecule has 27 heavy (non-hydrogen) atoms. The molecule has 1 heterocycles. The van der Waals surface area contributed by atoms with Gasteiger partial charge in [-0.3, -0.25) is 4.79 Å². The van der Waals surface area contributed by atoms with Crippen molar-refractivity contribution in [1.82, 2.24) is 5.16 Å². The summed E-state index contributed by atoms with van der Waals surface area (Å²) >= 11 is 12.8. The summed E-state index contributed by atoms with van der Waals surface area (Å²) in [6.45, 7) is 4.50. The van der Waals surface area contributed by atoms with Crippen LogP contribution >= 0.6 is 23.2 Å². The van der Waals surface area contributed by atoms with Gasteiger partial charge in [0.2, 0.25) is 0 Å². The first-order valence-corrected chi connectivity index (χ1v) is 10.3. The molecular weight excluding hydrogens is 385 g/mol. The summed E-state index contributed by atoms with van der Waals surface area (Å²) in [5.41, 5.74) is 2.21. The Bertz CT molecular complexity index is 825. The van der Waals surface area contributed by atoms with Crippen LogP contribution in [0.25, 0.3) is 11.3 Å². The third kappa shape index (κ3) is 3.55. The van der Waals surface area contributed by atoms with E-state index < -0.39 is 0 Å². The highest BCUT2D eigenvalue weighted by atomic mass is 35.5.